The predicted molar refractivity (Wildman–Crippen MR) is 70.0 cm³/mol. The Kier molecular flexibility index (Phi) is 4.74. The SMILES string of the molecule is O=C(COc1ccc(Cl)cc1)NCCc1ncn[nH]1. The second-order valence-corrected chi connectivity index (χ2v) is 4.21. The van der Waals surface area contributed by atoms with Gasteiger partial charge in [-0.3, -0.25) is 9.89 Å². The quantitative estimate of drug-likeness (QED) is 0.833. The zero-order valence-electron chi connectivity index (χ0n) is 10.1. The van der Waals surface area contributed by atoms with E-state index in [1.54, 1.807) is 24.3 Å². The van der Waals surface area contributed by atoms with Crippen molar-refractivity contribution >= 4 is 17.5 Å². The largest absolute Gasteiger partial charge is 0.484 e. The lowest BCUT2D eigenvalue weighted by Gasteiger charge is -2.06. The lowest BCUT2D eigenvalue weighted by Crippen LogP contribution is -2.30. The Morgan fingerprint density at radius 2 is 2.16 bits per heavy atom. The number of nitrogens with zero attached hydrogens (tertiary/aromatic N) is 2. The third-order valence-electron chi connectivity index (χ3n) is 2.33. The molecule has 0 aliphatic carbocycles. The summed E-state index contributed by atoms with van der Waals surface area (Å²) in [6.07, 6.45) is 2.04. The lowest BCUT2D eigenvalue weighted by atomic mass is 10.3. The van der Waals surface area contributed by atoms with Crippen LogP contribution in [0.3, 0.4) is 0 Å². The Morgan fingerprint density at radius 1 is 1.37 bits per heavy atom. The van der Waals surface area contributed by atoms with Crippen LogP contribution in [0.25, 0.3) is 0 Å². The standard InChI is InChI=1S/C12H13ClN4O2/c13-9-1-3-10(4-2-9)19-7-12(18)14-6-5-11-15-8-16-17-11/h1-4,8H,5-7H2,(H,14,18)(H,15,16,17). The molecule has 0 aliphatic heterocycles. The number of hydrogen-bond acceptors (Lipinski definition) is 4. The Morgan fingerprint density at radius 3 is 2.84 bits per heavy atom. The number of hydrogen-bond donors (Lipinski definition) is 2. The van der Waals surface area contributed by atoms with Gasteiger partial charge in [-0.15, -0.1) is 0 Å². The second-order valence-electron chi connectivity index (χ2n) is 3.77. The fourth-order valence-electron chi connectivity index (χ4n) is 1.40. The van der Waals surface area contributed by atoms with Crippen molar-refractivity contribution in [2.45, 2.75) is 6.42 Å². The van der Waals surface area contributed by atoms with Crippen LogP contribution in [-0.2, 0) is 11.2 Å². The van der Waals surface area contributed by atoms with Crippen molar-refractivity contribution in [1.29, 1.82) is 0 Å². The Hall–Kier alpha value is -2.08. The van der Waals surface area contributed by atoms with Gasteiger partial charge in [-0.05, 0) is 24.3 Å². The highest BCUT2D eigenvalue weighted by molar-refractivity contribution is 6.30. The average molecular weight is 281 g/mol. The molecule has 1 aromatic heterocycles. The number of H-pyrrole nitrogens is 1. The molecule has 0 saturated heterocycles. The molecular formula is C12H13ClN4O2. The van der Waals surface area contributed by atoms with Crippen molar-refractivity contribution in [2.75, 3.05) is 13.2 Å². The van der Waals surface area contributed by atoms with E-state index in [9.17, 15) is 4.79 Å². The minimum absolute atomic E-state index is 0.0297. The van der Waals surface area contributed by atoms with Crippen molar-refractivity contribution in [3.05, 3.63) is 41.4 Å². The number of halogens is 1. The van der Waals surface area contributed by atoms with E-state index < -0.39 is 0 Å². The maximum atomic E-state index is 11.5. The predicted octanol–water partition coefficient (Wildman–Crippen LogP) is 1.20. The number of benzene rings is 1. The molecule has 0 fully saturated rings. The minimum atomic E-state index is -0.186. The van der Waals surface area contributed by atoms with Gasteiger partial charge in [0.15, 0.2) is 6.61 Å². The number of carbonyl (C=O) groups excluding carboxylic acids is 1. The van der Waals surface area contributed by atoms with Crippen LogP contribution in [0.15, 0.2) is 30.6 Å². The number of rotatable bonds is 6. The van der Waals surface area contributed by atoms with E-state index >= 15 is 0 Å². The molecule has 1 aromatic carbocycles. The summed E-state index contributed by atoms with van der Waals surface area (Å²) in [4.78, 5) is 15.5. The third kappa shape index (κ3) is 4.59. The summed E-state index contributed by atoms with van der Waals surface area (Å²) in [5.41, 5.74) is 0. The van der Waals surface area contributed by atoms with Crippen molar-refractivity contribution in [1.82, 2.24) is 20.5 Å². The van der Waals surface area contributed by atoms with Gasteiger partial charge in [0, 0.05) is 18.0 Å². The Bertz CT molecular complexity index is 513. The summed E-state index contributed by atoms with van der Waals surface area (Å²) in [5.74, 6) is 1.16. The van der Waals surface area contributed by atoms with Crippen LogP contribution in [0.1, 0.15) is 5.82 Å². The number of carbonyl (C=O) groups is 1. The molecule has 1 amide bonds. The maximum absolute atomic E-state index is 11.5. The van der Waals surface area contributed by atoms with Gasteiger partial charge in [0.1, 0.15) is 17.9 Å². The summed E-state index contributed by atoms with van der Waals surface area (Å²) in [6.45, 7) is 0.454. The zero-order valence-corrected chi connectivity index (χ0v) is 10.9. The molecule has 100 valence electrons. The van der Waals surface area contributed by atoms with E-state index in [0.717, 1.165) is 5.82 Å². The van der Waals surface area contributed by atoms with Crippen LogP contribution in [0, 0.1) is 0 Å². The van der Waals surface area contributed by atoms with Crippen molar-refractivity contribution in [3.8, 4) is 5.75 Å². The van der Waals surface area contributed by atoms with Gasteiger partial charge >= 0.3 is 0 Å². The van der Waals surface area contributed by atoms with Gasteiger partial charge in [-0.1, -0.05) is 11.6 Å². The van der Waals surface area contributed by atoms with Crippen LogP contribution < -0.4 is 10.1 Å². The molecule has 6 nitrogen and oxygen atoms in total. The van der Waals surface area contributed by atoms with Gasteiger partial charge in [-0.2, -0.15) is 5.10 Å². The molecule has 2 aromatic rings. The monoisotopic (exact) mass is 280 g/mol. The first-order chi connectivity index (χ1) is 9.24. The number of amides is 1. The highest BCUT2D eigenvalue weighted by Gasteiger charge is 2.03. The highest BCUT2D eigenvalue weighted by atomic mass is 35.5. The summed E-state index contributed by atoms with van der Waals surface area (Å²) >= 11 is 5.74. The van der Waals surface area contributed by atoms with E-state index in [1.165, 1.54) is 6.33 Å². The van der Waals surface area contributed by atoms with Gasteiger partial charge in [0.2, 0.25) is 0 Å². The number of aromatic amines is 1. The molecule has 2 rings (SSSR count). The maximum Gasteiger partial charge on any atom is 0.257 e. The molecule has 0 saturated carbocycles. The topological polar surface area (TPSA) is 79.9 Å². The third-order valence-corrected chi connectivity index (χ3v) is 2.58. The van der Waals surface area contributed by atoms with E-state index in [-0.39, 0.29) is 12.5 Å². The average Bonchev–Trinajstić information content (AvgIpc) is 2.91. The lowest BCUT2D eigenvalue weighted by molar-refractivity contribution is -0.123. The summed E-state index contributed by atoms with van der Waals surface area (Å²) in [5, 5.41) is 9.79. The Balaban J connectivity index is 1.65. The summed E-state index contributed by atoms with van der Waals surface area (Å²) < 4.78 is 5.30. The molecule has 0 atom stereocenters. The zero-order chi connectivity index (χ0) is 13.5. The fourth-order valence-corrected chi connectivity index (χ4v) is 1.53. The van der Waals surface area contributed by atoms with Crippen LogP contribution in [0.2, 0.25) is 5.02 Å². The normalized spacial score (nSPS) is 10.2. The van der Waals surface area contributed by atoms with Crippen molar-refractivity contribution < 1.29 is 9.53 Å². The fraction of sp³-hybridized carbons (Fsp3) is 0.250. The molecule has 0 spiro atoms. The molecule has 0 radical (unpaired) electrons. The van der Waals surface area contributed by atoms with E-state index in [1.807, 2.05) is 0 Å². The molecule has 0 bridgehead atoms. The first kappa shape index (κ1) is 13.4. The van der Waals surface area contributed by atoms with Crippen LogP contribution in [0.5, 0.6) is 5.75 Å². The highest BCUT2D eigenvalue weighted by Crippen LogP contribution is 2.15. The van der Waals surface area contributed by atoms with Crippen LogP contribution >= 0.6 is 11.6 Å². The first-order valence-corrected chi connectivity index (χ1v) is 6.11. The molecule has 19 heavy (non-hydrogen) atoms. The molecule has 7 heteroatoms. The van der Waals surface area contributed by atoms with Gasteiger partial charge in [-0.25, -0.2) is 4.98 Å². The van der Waals surface area contributed by atoms with Gasteiger partial charge < -0.3 is 10.1 Å². The molecule has 2 N–H and O–H groups in total. The van der Waals surface area contributed by atoms with Gasteiger partial charge in [0.25, 0.3) is 5.91 Å². The first-order valence-electron chi connectivity index (χ1n) is 5.73. The van der Waals surface area contributed by atoms with E-state index in [4.69, 9.17) is 16.3 Å². The summed E-state index contributed by atoms with van der Waals surface area (Å²) in [6, 6.07) is 6.84. The van der Waals surface area contributed by atoms with Crippen LogP contribution in [0.4, 0.5) is 0 Å². The molecular weight excluding hydrogens is 268 g/mol. The minimum Gasteiger partial charge on any atom is -0.484 e. The van der Waals surface area contributed by atoms with Crippen molar-refractivity contribution in [3.63, 3.8) is 0 Å². The number of ether oxygens (including phenoxy) is 1. The van der Waals surface area contributed by atoms with Crippen LogP contribution in [-0.4, -0.2) is 34.2 Å². The smallest absolute Gasteiger partial charge is 0.257 e. The molecule has 0 unspecified atom stereocenters. The summed E-state index contributed by atoms with van der Waals surface area (Å²) in [7, 11) is 0. The molecule has 0 aliphatic rings. The number of aromatic nitrogens is 3. The van der Waals surface area contributed by atoms with Crippen molar-refractivity contribution in [2.24, 2.45) is 0 Å². The van der Waals surface area contributed by atoms with Gasteiger partial charge in [0.05, 0.1) is 0 Å². The second kappa shape index (κ2) is 6.75. The molecule has 1 heterocycles. The number of nitrogens with one attached hydrogen (secondary N) is 2. The Labute approximate surface area is 115 Å². The van der Waals surface area contributed by atoms with E-state index in [0.29, 0.717) is 23.7 Å². The van der Waals surface area contributed by atoms with E-state index in [2.05, 4.69) is 20.5 Å².